The number of thioether (sulfide) groups is 1. The number of hydrogen-bond acceptors (Lipinski definition) is 4. The van der Waals surface area contributed by atoms with E-state index >= 15 is 0 Å². The van der Waals surface area contributed by atoms with Crippen LogP contribution in [0.4, 0.5) is 0 Å². The van der Waals surface area contributed by atoms with Crippen molar-refractivity contribution in [3.63, 3.8) is 0 Å². The summed E-state index contributed by atoms with van der Waals surface area (Å²) in [7, 11) is 2.09. The van der Waals surface area contributed by atoms with Crippen molar-refractivity contribution in [3.8, 4) is 0 Å². The number of likely N-dealkylation sites (N-methyl/N-ethyl adjacent to an activating group) is 1. The Morgan fingerprint density at radius 3 is 2.94 bits per heavy atom. The largest absolute Gasteiger partial charge is 0.335 e. The molecule has 92 valence electrons. The van der Waals surface area contributed by atoms with Crippen LogP contribution in [0.5, 0.6) is 0 Å². The van der Waals surface area contributed by atoms with Gasteiger partial charge in [-0.05, 0) is 25.6 Å². The molecule has 0 saturated carbocycles. The molecule has 2 unspecified atom stereocenters. The highest BCUT2D eigenvalue weighted by atomic mass is 32.2. The van der Waals surface area contributed by atoms with Gasteiger partial charge in [0.1, 0.15) is 0 Å². The van der Waals surface area contributed by atoms with Crippen LogP contribution in [0.3, 0.4) is 0 Å². The third-order valence-electron chi connectivity index (χ3n) is 3.45. The second kappa shape index (κ2) is 5.38. The predicted octanol–water partition coefficient (Wildman–Crippen LogP) is -0.0167. The molecule has 0 radical (unpaired) electrons. The fourth-order valence-electron chi connectivity index (χ4n) is 2.46. The highest BCUT2D eigenvalue weighted by molar-refractivity contribution is 8.00. The molecule has 2 rings (SSSR count). The van der Waals surface area contributed by atoms with Crippen LogP contribution in [0.2, 0.25) is 0 Å². The summed E-state index contributed by atoms with van der Waals surface area (Å²) < 4.78 is 0. The Kier molecular flexibility index (Phi) is 4.10. The van der Waals surface area contributed by atoms with E-state index in [1.165, 1.54) is 6.42 Å². The van der Waals surface area contributed by atoms with Crippen LogP contribution in [0, 0.1) is 0 Å². The lowest BCUT2D eigenvalue weighted by atomic mass is 10.1. The van der Waals surface area contributed by atoms with E-state index in [4.69, 9.17) is 5.73 Å². The van der Waals surface area contributed by atoms with Gasteiger partial charge in [0.25, 0.3) is 0 Å². The molecule has 2 heterocycles. The SMILES string of the molecule is CN1CCN(C(=O)C2CCCS2)C(CN)C1. The molecule has 4 nitrogen and oxygen atoms in total. The Bertz CT molecular complexity index is 256. The fourth-order valence-corrected chi connectivity index (χ4v) is 3.69. The lowest BCUT2D eigenvalue weighted by Crippen LogP contribution is -2.58. The topological polar surface area (TPSA) is 49.6 Å². The zero-order valence-corrected chi connectivity index (χ0v) is 10.7. The Hall–Kier alpha value is -0.260. The minimum atomic E-state index is 0.206. The van der Waals surface area contributed by atoms with Gasteiger partial charge in [-0.2, -0.15) is 0 Å². The number of rotatable bonds is 2. The van der Waals surface area contributed by atoms with E-state index < -0.39 is 0 Å². The molecule has 16 heavy (non-hydrogen) atoms. The summed E-state index contributed by atoms with van der Waals surface area (Å²) in [6.45, 7) is 3.31. The molecule has 0 spiro atoms. The monoisotopic (exact) mass is 243 g/mol. The molecule has 2 atom stereocenters. The lowest BCUT2D eigenvalue weighted by molar-refractivity contribution is -0.135. The average Bonchev–Trinajstić information content (AvgIpc) is 2.81. The van der Waals surface area contributed by atoms with E-state index in [0.29, 0.717) is 12.5 Å². The Morgan fingerprint density at radius 1 is 1.50 bits per heavy atom. The molecule has 0 aromatic carbocycles. The van der Waals surface area contributed by atoms with Crippen LogP contribution >= 0.6 is 11.8 Å². The molecule has 1 amide bonds. The highest BCUT2D eigenvalue weighted by Gasteiger charge is 2.33. The van der Waals surface area contributed by atoms with Crippen molar-refractivity contribution < 1.29 is 4.79 Å². The standard InChI is InChI=1S/C11H21N3OS/c1-13-4-5-14(9(7-12)8-13)11(15)10-3-2-6-16-10/h9-10H,2-8,12H2,1H3. The van der Waals surface area contributed by atoms with Crippen molar-refractivity contribution in [1.82, 2.24) is 9.80 Å². The van der Waals surface area contributed by atoms with Gasteiger partial charge in [0.15, 0.2) is 0 Å². The zero-order valence-electron chi connectivity index (χ0n) is 9.89. The van der Waals surface area contributed by atoms with E-state index in [-0.39, 0.29) is 11.3 Å². The predicted molar refractivity (Wildman–Crippen MR) is 67.5 cm³/mol. The summed E-state index contributed by atoms with van der Waals surface area (Å²) in [4.78, 5) is 16.6. The summed E-state index contributed by atoms with van der Waals surface area (Å²) in [5.41, 5.74) is 5.76. The van der Waals surface area contributed by atoms with Gasteiger partial charge in [-0.25, -0.2) is 0 Å². The molecular weight excluding hydrogens is 222 g/mol. The van der Waals surface area contributed by atoms with E-state index in [9.17, 15) is 4.79 Å². The van der Waals surface area contributed by atoms with Crippen LogP contribution < -0.4 is 5.73 Å². The molecule has 2 saturated heterocycles. The third kappa shape index (κ3) is 2.52. The molecule has 2 aliphatic heterocycles. The quantitative estimate of drug-likeness (QED) is 0.741. The summed E-state index contributed by atoms with van der Waals surface area (Å²) in [5, 5.41) is 0.206. The van der Waals surface area contributed by atoms with Crippen molar-refractivity contribution in [1.29, 1.82) is 0 Å². The summed E-state index contributed by atoms with van der Waals surface area (Å²) in [5.74, 6) is 1.46. The van der Waals surface area contributed by atoms with Gasteiger partial charge in [-0.3, -0.25) is 4.79 Å². The first-order chi connectivity index (χ1) is 7.72. The first kappa shape index (κ1) is 12.2. The minimum Gasteiger partial charge on any atom is -0.335 e. The number of piperazine rings is 1. The molecule has 5 heteroatoms. The zero-order chi connectivity index (χ0) is 11.5. The number of nitrogens with two attached hydrogens (primary N) is 1. The normalized spacial score (nSPS) is 32.0. The highest BCUT2D eigenvalue weighted by Crippen LogP contribution is 2.28. The number of hydrogen-bond donors (Lipinski definition) is 1. The van der Waals surface area contributed by atoms with Gasteiger partial charge in [0.05, 0.1) is 11.3 Å². The van der Waals surface area contributed by atoms with Crippen molar-refractivity contribution in [3.05, 3.63) is 0 Å². The maximum atomic E-state index is 12.3. The van der Waals surface area contributed by atoms with E-state index in [2.05, 4.69) is 11.9 Å². The van der Waals surface area contributed by atoms with Crippen LogP contribution in [0.25, 0.3) is 0 Å². The minimum absolute atomic E-state index is 0.206. The molecule has 2 fully saturated rings. The van der Waals surface area contributed by atoms with Crippen molar-refractivity contribution in [2.75, 3.05) is 39.0 Å². The van der Waals surface area contributed by atoms with Gasteiger partial charge in [0, 0.05) is 26.2 Å². The number of nitrogens with zero attached hydrogens (tertiary/aromatic N) is 2. The summed E-state index contributed by atoms with van der Waals surface area (Å²) in [6.07, 6.45) is 2.23. The molecule has 0 aromatic rings. The molecular formula is C11H21N3OS. The number of amides is 1. The Balaban J connectivity index is 1.98. The van der Waals surface area contributed by atoms with E-state index in [1.807, 2.05) is 16.7 Å². The van der Waals surface area contributed by atoms with Crippen LogP contribution in [-0.4, -0.2) is 66.0 Å². The maximum Gasteiger partial charge on any atom is 0.236 e. The smallest absolute Gasteiger partial charge is 0.236 e. The number of carbonyl (C=O) groups is 1. The van der Waals surface area contributed by atoms with Crippen LogP contribution in [0.1, 0.15) is 12.8 Å². The van der Waals surface area contributed by atoms with E-state index in [0.717, 1.165) is 31.8 Å². The first-order valence-electron chi connectivity index (χ1n) is 6.03. The molecule has 0 bridgehead atoms. The third-order valence-corrected chi connectivity index (χ3v) is 4.81. The fraction of sp³-hybridized carbons (Fsp3) is 0.909. The van der Waals surface area contributed by atoms with Gasteiger partial charge in [0.2, 0.25) is 5.91 Å². The Labute approximate surface area is 102 Å². The lowest BCUT2D eigenvalue weighted by Gasteiger charge is -2.40. The van der Waals surface area contributed by atoms with Crippen LogP contribution in [-0.2, 0) is 4.79 Å². The van der Waals surface area contributed by atoms with Crippen molar-refractivity contribution >= 4 is 17.7 Å². The van der Waals surface area contributed by atoms with E-state index in [1.54, 1.807) is 0 Å². The molecule has 0 aliphatic carbocycles. The average molecular weight is 243 g/mol. The van der Waals surface area contributed by atoms with Gasteiger partial charge < -0.3 is 15.5 Å². The van der Waals surface area contributed by atoms with Crippen LogP contribution in [0.15, 0.2) is 0 Å². The maximum absolute atomic E-state index is 12.3. The summed E-state index contributed by atoms with van der Waals surface area (Å²) in [6, 6.07) is 0.215. The van der Waals surface area contributed by atoms with Gasteiger partial charge in [-0.1, -0.05) is 0 Å². The van der Waals surface area contributed by atoms with Crippen molar-refractivity contribution in [2.45, 2.75) is 24.1 Å². The molecule has 2 aliphatic rings. The second-order valence-electron chi connectivity index (χ2n) is 4.69. The van der Waals surface area contributed by atoms with Crippen molar-refractivity contribution in [2.24, 2.45) is 5.73 Å². The molecule has 2 N–H and O–H groups in total. The second-order valence-corrected chi connectivity index (χ2v) is 6.00. The number of carbonyl (C=O) groups excluding carboxylic acids is 1. The van der Waals surface area contributed by atoms with Gasteiger partial charge in [-0.15, -0.1) is 11.8 Å². The Morgan fingerprint density at radius 2 is 2.31 bits per heavy atom. The first-order valence-corrected chi connectivity index (χ1v) is 7.08. The summed E-state index contributed by atoms with van der Waals surface area (Å²) >= 11 is 1.81. The molecule has 0 aromatic heterocycles. The van der Waals surface area contributed by atoms with Gasteiger partial charge >= 0.3 is 0 Å².